The highest BCUT2D eigenvalue weighted by Crippen LogP contribution is 2.23. The number of nitrogens with zero attached hydrogens (tertiary/aromatic N) is 1. The van der Waals surface area contributed by atoms with Gasteiger partial charge in [-0.05, 0) is 12.1 Å². The van der Waals surface area contributed by atoms with E-state index in [0.29, 0.717) is 10.4 Å². The van der Waals surface area contributed by atoms with E-state index in [1.54, 1.807) is 11.8 Å². The third-order valence-electron chi connectivity index (χ3n) is 1.98. The lowest BCUT2D eigenvalue weighted by molar-refractivity contribution is 0.586. The minimum Gasteiger partial charge on any atom is -0.333 e. The van der Waals surface area contributed by atoms with Crippen LogP contribution in [0.1, 0.15) is 6.92 Å². The van der Waals surface area contributed by atoms with E-state index in [0.717, 1.165) is 12.6 Å². The predicted octanol–water partition coefficient (Wildman–Crippen LogP) is 2.87. The van der Waals surface area contributed by atoms with E-state index in [4.69, 9.17) is 0 Å². The normalized spacial score (nSPS) is 20.2. The first-order valence-corrected chi connectivity index (χ1v) is 5.46. The fourth-order valence-electron chi connectivity index (χ4n) is 1.25. The van der Waals surface area contributed by atoms with Gasteiger partial charge in [-0.15, -0.1) is 0 Å². The SMILES string of the molecule is C[C@@H]1CN=C(Nc2ccc(F)cc2F)S1. The van der Waals surface area contributed by atoms with Crippen LogP contribution in [0.15, 0.2) is 23.2 Å². The van der Waals surface area contributed by atoms with E-state index < -0.39 is 11.6 Å². The summed E-state index contributed by atoms with van der Waals surface area (Å²) in [6.45, 7) is 2.78. The summed E-state index contributed by atoms with van der Waals surface area (Å²) < 4.78 is 25.9. The van der Waals surface area contributed by atoms with E-state index in [9.17, 15) is 8.78 Å². The molecule has 1 atom stereocenters. The monoisotopic (exact) mass is 228 g/mol. The zero-order chi connectivity index (χ0) is 10.8. The number of thioether (sulfide) groups is 1. The van der Waals surface area contributed by atoms with Crippen LogP contribution in [-0.4, -0.2) is 17.0 Å². The average molecular weight is 228 g/mol. The van der Waals surface area contributed by atoms with Crippen LogP contribution in [0.2, 0.25) is 0 Å². The molecule has 0 radical (unpaired) electrons. The van der Waals surface area contributed by atoms with Crippen LogP contribution in [0.3, 0.4) is 0 Å². The number of aliphatic imine (C=N–C) groups is 1. The highest BCUT2D eigenvalue weighted by atomic mass is 32.2. The van der Waals surface area contributed by atoms with Gasteiger partial charge in [0.05, 0.1) is 12.2 Å². The number of amidine groups is 1. The third kappa shape index (κ3) is 2.47. The van der Waals surface area contributed by atoms with Gasteiger partial charge in [0, 0.05) is 11.3 Å². The number of benzene rings is 1. The number of nitrogens with one attached hydrogen (secondary N) is 1. The molecular formula is C10H10F2N2S. The Hall–Kier alpha value is -1.10. The van der Waals surface area contributed by atoms with Crippen LogP contribution in [0.4, 0.5) is 14.5 Å². The van der Waals surface area contributed by atoms with Crippen molar-refractivity contribution in [1.82, 2.24) is 0 Å². The standard InChI is InChI=1S/C10H10F2N2S/c1-6-5-13-10(15-6)14-9-3-2-7(11)4-8(9)12/h2-4,6H,5H2,1H3,(H,13,14)/t6-/m1/s1. The second-order valence-electron chi connectivity index (χ2n) is 3.32. The molecule has 0 aliphatic carbocycles. The van der Waals surface area contributed by atoms with Crippen LogP contribution < -0.4 is 5.32 Å². The second-order valence-corrected chi connectivity index (χ2v) is 4.75. The zero-order valence-electron chi connectivity index (χ0n) is 8.13. The summed E-state index contributed by atoms with van der Waals surface area (Å²) in [5.74, 6) is -1.18. The molecule has 1 aromatic carbocycles. The van der Waals surface area contributed by atoms with Gasteiger partial charge in [0.2, 0.25) is 0 Å². The summed E-state index contributed by atoms with van der Waals surface area (Å²) >= 11 is 1.55. The predicted molar refractivity (Wildman–Crippen MR) is 59.3 cm³/mol. The average Bonchev–Trinajstić information content (AvgIpc) is 2.56. The Morgan fingerprint density at radius 1 is 1.47 bits per heavy atom. The van der Waals surface area contributed by atoms with Gasteiger partial charge in [-0.25, -0.2) is 8.78 Å². The molecule has 1 aliphatic rings. The molecule has 0 bridgehead atoms. The Labute approximate surface area is 90.8 Å². The molecule has 1 heterocycles. The molecule has 0 unspecified atom stereocenters. The molecule has 0 saturated heterocycles. The van der Waals surface area contributed by atoms with Crippen molar-refractivity contribution < 1.29 is 8.78 Å². The van der Waals surface area contributed by atoms with Crippen molar-refractivity contribution in [1.29, 1.82) is 0 Å². The molecule has 1 aliphatic heterocycles. The van der Waals surface area contributed by atoms with Crippen molar-refractivity contribution >= 4 is 22.6 Å². The molecule has 5 heteroatoms. The van der Waals surface area contributed by atoms with E-state index >= 15 is 0 Å². The number of rotatable bonds is 1. The first-order valence-electron chi connectivity index (χ1n) is 4.58. The Kier molecular flexibility index (Phi) is 2.90. The zero-order valence-corrected chi connectivity index (χ0v) is 8.94. The van der Waals surface area contributed by atoms with Crippen LogP contribution >= 0.6 is 11.8 Å². The highest BCUT2D eigenvalue weighted by molar-refractivity contribution is 8.15. The van der Waals surface area contributed by atoms with E-state index in [1.807, 2.05) is 6.92 Å². The number of hydrogen-bond donors (Lipinski definition) is 1. The third-order valence-corrected chi connectivity index (χ3v) is 2.98. The number of halogens is 2. The minimum atomic E-state index is -0.599. The molecule has 15 heavy (non-hydrogen) atoms. The molecule has 0 amide bonds. The summed E-state index contributed by atoms with van der Waals surface area (Å²) in [5, 5.41) is 3.94. The summed E-state index contributed by atoms with van der Waals surface area (Å²) in [7, 11) is 0. The Bertz CT molecular complexity index is 406. The highest BCUT2D eigenvalue weighted by Gasteiger charge is 2.16. The van der Waals surface area contributed by atoms with Crippen molar-refractivity contribution in [2.45, 2.75) is 12.2 Å². The Balaban J connectivity index is 2.11. The van der Waals surface area contributed by atoms with Gasteiger partial charge in [-0.2, -0.15) is 0 Å². The molecular weight excluding hydrogens is 218 g/mol. The van der Waals surface area contributed by atoms with Crippen molar-refractivity contribution in [3.63, 3.8) is 0 Å². The van der Waals surface area contributed by atoms with Gasteiger partial charge in [-0.3, -0.25) is 4.99 Å². The maximum Gasteiger partial charge on any atom is 0.161 e. The summed E-state index contributed by atoms with van der Waals surface area (Å²) in [6, 6.07) is 3.44. The molecule has 2 rings (SSSR count). The van der Waals surface area contributed by atoms with Gasteiger partial charge >= 0.3 is 0 Å². The lowest BCUT2D eigenvalue weighted by atomic mass is 10.3. The summed E-state index contributed by atoms with van der Waals surface area (Å²) in [5.41, 5.74) is 0.261. The van der Waals surface area contributed by atoms with E-state index in [1.165, 1.54) is 12.1 Å². The van der Waals surface area contributed by atoms with Crippen LogP contribution in [0.25, 0.3) is 0 Å². The first kappa shape index (κ1) is 10.4. The molecule has 0 aromatic heterocycles. The topological polar surface area (TPSA) is 24.4 Å². The largest absolute Gasteiger partial charge is 0.333 e. The lowest BCUT2D eigenvalue weighted by Gasteiger charge is -2.06. The maximum absolute atomic E-state index is 13.2. The minimum absolute atomic E-state index is 0.261. The maximum atomic E-state index is 13.2. The van der Waals surface area contributed by atoms with Crippen LogP contribution in [-0.2, 0) is 0 Å². The molecule has 2 nitrogen and oxygen atoms in total. The fourth-order valence-corrected chi connectivity index (χ4v) is 2.10. The lowest BCUT2D eigenvalue weighted by Crippen LogP contribution is -2.07. The van der Waals surface area contributed by atoms with Crippen LogP contribution in [0.5, 0.6) is 0 Å². The van der Waals surface area contributed by atoms with Crippen molar-refractivity contribution in [2.75, 3.05) is 11.9 Å². The smallest absolute Gasteiger partial charge is 0.161 e. The van der Waals surface area contributed by atoms with Crippen molar-refractivity contribution in [2.24, 2.45) is 4.99 Å². The molecule has 1 N–H and O–H groups in total. The second kappa shape index (κ2) is 4.18. The number of anilines is 1. The van der Waals surface area contributed by atoms with Gasteiger partial charge in [0.25, 0.3) is 0 Å². The summed E-state index contributed by atoms with van der Waals surface area (Å²) in [6.07, 6.45) is 0. The van der Waals surface area contributed by atoms with Gasteiger partial charge < -0.3 is 5.32 Å². The Morgan fingerprint density at radius 2 is 2.27 bits per heavy atom. The Morgan fingerprint density at radius 3 is 2.87 bits per heavy atom. The molecule has 80 valence electrons. The first-order chi connectivity index (χ1) is 7.15. The number of hydrogen-bond acceptors (Lipinski definition) is 3. The molecule has 0 spiro atoms. The van der Waals surface area contributed by atoms with Crippen molar-refractivity contribution in [3.8, 4) is 0 Å². The molecule has 1 aromatic rings. The molecule has 0 saturated carbocycles. The van der Waals surface area contributed by atoms with Crippen molar-refractivity contribution in [3.05, 3.63) is 29.8 Å². The quantitative estimate of drug-likeness (QED) is 0.799. The van der Waals surface area contributed by atoms with Gasteiger partial charge in [-0.1, -0.05) is 18.7 Å². The van der Waals surface area contributed by atoms with E-state index in [-0.39, 0.29) is 5.69 Å². The molecule has 0 fully saturated rings. The van der Waals surface area contributed by atoms with Gasteiger partial charge in [0.1, 0.15) is 11.6 Å². The fraction of sp³-hybridized carbons (Fsp3) is 0.300. The van der Waals surface area contributed by atoms with Crippen LogP contribution in [0, 0.1) is 11.6 Å². The summed E-state index contributed by atoms with van der Waals surface area (Å²) in [4.78, 5) is 4.18. The van der Waals surface area contributed by atoms with Gasteiger partial charge in [0.15, 0.2) is 5.17 Å². The van der Waals surface area contributed by atoms with E-state index in [2.05, 4.69) is 10.3 Å².